The van der Waals surface area contributed by atoms with Crippen molar-refractivity contribution in [2.24, 2.45) is 0 Å². The van der Waals surface area contributed by atoms with E-state index in [1.165, 1.54) is 11.3 Å². The van der Waals surface area contributed by atoms with Gasteiger partial charge in [0, 0.05) is 15.6 Å². The summed E-state index contributed by atoms with van der Waals surface area (Å²) in [5.74, 6) is -0.0810. The molecule has 0 fully saturated rings. The lowest BCUT2D eigenvalue weighted by molar-refractivity contribution is -0.115. The molecule has 0 aliphatic heterocycles. The highest BCUT2D eigenvalue weighted by Crippen LogP contribution is 2.36. The molecule has 6 heteroatoms. The van der Waals surface area contributed by atoms with Crippen molar-refractivity contribution in [1.82, 2.24) is 4.98 Å². The predicted molar refractivity (Wildman–Crippen MR) is 119 cm³/mol. The van der Waals surface area contributed by atoms with Crippen LogP contribution in [0.3, 0.4) is 0 Å². The minimum absolute atomic E-state index is 0.0810. The van der Waals surface area contributed by atoms with Crippen LogP contribution in [-0.4, -0.2) is 10.9 Å². The first-order chi connectivity index (χ1) is 13.1. The van der Waals surface area contributed by atoms with E-state index in [1.807, 2.05) is 60.7 Å². The Morgan fingerprint density at radius 3 is 2.56 bits per heavy atom. The first-order valence-electron chi connectivity index (χ1n) is 8.34. The minimum Gasteiger partial charge on any atom is -0.316 e. The maximum atomic E-state index is 11.9. The second-order valence-corrected chi connectivity index (χ2v) is 7.93. The summed E-state index contributed by atoms with van der Waals surface area (Å²) >= 11 is 3.56. The van der Waals surface area contributed by atoms with Crippen molar-refractivity contribution in [1.29, 1.82) is 5.26 Å². The van der Waals surface area contributed by atoms with Crippen molar-refractivity contribution in [3.05, 3.63) is 68.7 Å². The van der Waals surface area contributed by atoms with Crippen LogP contribution in [-0.2, 0) is 4.79 Å². The quantitative estimate of drug-likeness (QED) is 0.366. The van der Waals surface area contributed by atoms with Gasteiger partial charge in [-0.25, -0.2) is 4.98 Å². The summed E-state index contributed by atoms with van der Waals surface area (Å²) in [6.07, 6.45) is 2.19. The van der Waals surface area contributed by atoms with Crippen molar-refractivity contribution in [2.45, 2.75) is 13.3 Å². The number of hydrogen-bond donors (Lipinski definition) is 1. The van der Waals surface area contributed by atoms with Gasteiger partial charge in [-0.05, 0) is 46.4 Å². The van der Waals surface area contributed by atoms with Gasteiger partial charge < -0.3 is 5.32 Å². The number of halogens is 1. The van der Waals surface area contributed by atoms with E-state index in [4.69, 9.17) is 0 Å². The molecule has 0 atom stereocenters. The van der Waals surface area contributed by atoms with Gasteiger partial charge in [0.1, 0.15) is 21.8 Å². The molecule has 4 nitrogen and oxygen atoms in total. The predicted octanol–water partition coefficient (Wildman–Crippen LogP) is 5.83. The van der Waals surface area contributed by atoms with Crippen LogP contribution < -0.4 is 5.32 Å². The maximum absolute atomic E-state index is 11.9. The average Bonchev–Trinajstić information content (AvgIpc) is 3.11. The van der Waals surface area contributed by atoms with Crippen molar-refractivity contribution >= 4 is 56.5 Å². The zero-order chi connectivity index (χ0) is 19.2. The van der Waals surface area contributed by atoms with Crippen LogP contribution in [0.4, 0.5) is 5.00 Å². The average molecular weight is 485 g/mol. The molecule has 3 aromatic rings. The van der Waals surface area contributed by atoms with Gasteiger partial charge in [-0.2, -0.15) is 5.26 Å². The molecule has 1 heterocycles. The monoisotopic (exact) mass is 485 g/mol. The molecule has 27 heavy (non-hydrogen) atoms. The van der Waals surface area contributed by atoms with Crippen molar-refractivity contribution in [3.8, 4) is 17.3 Å². The van der Waals surface area contributed by atoms with Gasteiger partial charge in [-0.1, -0.05) is 60.7 Å². The SMILES string of the molecule is CCC(=O)Nc1sc(/C(C#N)=C/c2ccc(I)cc2)nc1-c1ccccc1. The molecule has 0 saturated carbocycles. The largest absolute Gasteiger partial charge is 0.316 e. The molecular formula is C21H16IN3OS. The summed E-state index contributed by atoms with van der Waals surface area (Å²) in [6, 6.07) is 19.8. The fraction of sp³-hybridized carbons (Fsp3) is 0.0952. The number of amides is 1. The van der Waals surface area contributed by atoms with Crippen molar-refractivity contribution < 1.29 is 4.79 Å². The number of carbonyl (C=O) groups is 1. The van der Waals surface area contributed by atoms with Gasteiger partial charge in [0.05, 0.1) is 5.57 Å². The number of aromatic nitrogens is 1. The number of nitriles is 1. The van der Waals surface area contributed by atoms with Gasteiger partial charge in [0.25, 0.3) is 0 Å². The highest BCUT2D eigenvalue weighted by Gasteiger charge is 2.17. The molecule has 134 valence electrons. The fourth-order valence-corrected chi connectivity index (χ4v) is 3.72. The zero-order valence-corrected chi connectivity index (χ0v) is 17.5. The Balaban J connectivity index is 2.05. The lowest BCUT2D eigenvalue weighted by Crippen LogP contribution is -2.08. The van der Waals surface area contributed by atoms with Crippen LogP contribution in [0, 0.1) is 14.9 Å². The highest BCUT2D eigenvalue weighted by atomic mass is 127. The normalized spacial score (nSPS) is 11.1. The van der Waals surface area contributed by atoms with Crippen LogP contribution in [0.15, 0.2) is 54.6 Å². The lowest BCUT2D eigenvalue weighted by atomic mass is 10.1. The number of nitrogens with one attached hydrogen (secondary N) is 1. The van der Waals surface area contributed by atoms with E-state index in [-0.39, 0.29) is 5.91 Å². The topological polar surface area (TPSA) is 65.8 Å². The van der Waals surface area contributed by atoms with Crippen LogP contribution in [0.1, 0.15) is 23.9 Å². The third-order valence-electron chi connectivity index (χ3n) is 3.78. The highest BCUT2D eigenvalue weighted by molar-refractivity contribution is 14.1. The summed E-state index contributed by atoms with van der Waals surface area (Å²) in [5, 5.41) is 13.8. The third-order valence-corrected chi connectivity index (χ3v) is 5.50. The van der Waals surface area contributed by atoms with E-state index >= 15 is 0 Å². The van der Waals surface area contributed by atoms with Crippen molar-refractivity contribution in [3.63, 3.8) is 0 Å². The molecule has 0 bridgehead atoms. The molecular weight excluding hydrogens is 469 g/mol. The summed E-state index contributed by atoms with van der Waals surface area (Å²) in [4.78, 5) is 16.6. The number of thiazole rings is 1. The molecule has 2 aromatic carbocycles. The van der Waals surface area contributed by atoms with E-state index < -0.39 is 0 Å². The number of nitrogens with zero attached hydrogens (tertiary/aromatic N) is 2. The number of carbonyl (C=O) groups excluding carboxylic acids is 1. The van der Waals surface area contributed by atoms with E-state index in [0.717, 1.165) is 14.7 Å². The van der Waals surface area contributed by atoms with Crippen molar-refractivity contribution in [2.75, 3.05) is 5.32 Å². The van der Waals surface area contributed by atoms with Gasteiger partial charge in [-0.3, -0.25) is 4.79 Å². The minimum atomic E-state index is -0.0810. The molecule has 0 aliphatic rings. The molecule has 0 unspecified atom stereocenters. The van der Waals surface area contributed by atoms with Gasteiger partial charge in [0.15, 0.2) is 0 Å². The fourth-order valence-electron chi connectivity index (χ4n) is 2.39. The third kappa shape index (κ3) is 4.81. The Labute approximate surface area is 175 Å². The van der Waals surface area contributed by atoms with E-state index in [1.54, 1.807) is 6.92 Å². The Morgan fingerprint density at radius 1 is 1.22 bits per heavy atom. The second-order valence-electron chi connectivity index (χ2n) is 5.69. The van der Waals surface area contributed by atoms with Gasteiger partial charge >= 0.3 is 0 Å². The molecule has 3 rings (SSSR count). The lowest BCUT2D eigenvalue weighted by Gasteiger charge is -2.03. The molecule has 1 N–H and O–H groups in total. The van der Waals surface area contributed by atoms with Crippen LogP contribution in [0.2, 0.25) is 0 Å². The number of hydrogen-bond acceptors (Lipinski definition) is 4. The molecule has 0 saturated heterocycles. The first-order valence-corrected chi connectivity index (χ1v) is 10.2. The number of anilines is 1. The van der Waals surface area contributed by atoms with E-state index in [2.05, 4.69) is 39.0 Å². The van der Waals surface area contributed by atoms with Gasteiger partial charge in [-0.15, -0.1) is 0 Å². The number of rotatable bonds is 5. The van der Waals surface area contributed by atoms with Crippen LogP contribution >= 0.6 is 33.9 Å². The summed E-state index contributed by atoms with van der Waals surface area (Å²) in [5.41, 5.74) is 2.98. The smallest absolute Gasteiger partial charge is 0.224 e. The number of benzene rings is 2. The van der Waals surface area contributed by atoms with E-state index in [9.17, 15) is 10.1 Å². The Bertz CT molecular complexity index is 1020. The zero-order valence-electron chi connectivity index (χ0n) is 14.6. The molecule has 1 aromatic heterocycles. The molecule has 0 aliphatic carbocycles. The summed E-state index contributed by atoms with van der Waals surface area (Å²) < 4.78 is 1.13. The van der Waals surface area contributed by atoms with Gasteiger partial charge in [0.2, 0.25) is 5.91 Å². The molecule has 1 amide bonds. The van der Waals surface area contributed by atoms with Crippen LogP contribution in [0.25, 0.3) is 22.9 Å². The maximum Gasteiger partial charge on any atom is 0.224 e. The second kappa shape index (κ2) is 8.93. The number of allylic oxidation sites excluding steroid dienone is 1. The Kier molecular flexibility index (Phi) is 6.37. The summed E-state index contributed by atoms with van der Waals surface area (Å²) in [6.45, 7) is 1.80. The van der Waals surface area contributed by atoms with Crippen LogP contribution in [0.5, 0.6) is 0 Å². The Hall–Kier alpha value is -2.50. The molecule has 0 radical (unpaired) electrons. The standard InChI is InChI=1S/C21H16IN3OS/c1-2-18(26)24-21-19(15-6-4-3-5-7-15)25-20(27-21)16(13-23)12-14-8-10-17(22)11-9-14/h3-12H,2H2,1H3,(H,24,26)/b16-12+. The first kappa shape index (κ1) is 19.3. The Morgan fingerprint density at radius 2 is 1.93 bits per heavy atom. The summed E-state index contributed by atoms with van der Waals surface area (Å²) in [7, 11) is 0. The van der Waals surface area contributed by atoms with E-state index in [0.29, 0.717) is 27.7 Å². The molecule has 0 spiro atoms.